The first-order valence-corrected chi connectivity index (χ1v) is 10.5. The van der Waals surface area contributed by atoms with Gasteiger partial charge in [-0.1, -0.05) is 36.4 Å². The number of aryl methyl sites for hydroxylation is 2. The number of carbonyl (C=O) groups is 2. The quantitative estimate of drug-likeness (QED) is 0.771. The van der Waals surface area contributed by atoms with Gasteiger partial charge in [0.15, 0.2) is 12.2 Å². The fraction of sp³-hybridized carbons (Fsp3) is 0.292. The zero-order valence-corrected chi connectivity index (χ0v) is 18.1. The fourth-order valence-electron chi connectivity index (χ4n) is 4.46. The zero-order chi connectivity index (χ0) is 21.9. The van der Waals surface area contributed by atoms with E-state index in [2.05, 4.69) is 49.1 Å². The number of imide groups is 1. The summed E-state index contributed by atoms with van der Waals surface area (Å²) in [4.78, 5) is 37.7. The van der Waals surface area contributed by atoms with E-state index in [1.165, 1.54) is 16.0 Å². The summed E-state index contributed by atoms with van der Waals surface area (Å²) in [7, 11) is 1.71. The Morgan fingerprint density at radius 3 is 2.42 bits per heavy atom. The van der Waals surface area contributed by atoms with Crippen LogP contribution in [0.1, 0.15) is 23.6 Å². The smallest absolute Gasteiger partial charge is 0.302 e. The molecule has 31 heavy (non-hydrogen) atoms. The molecule has 2 unspecified atom stereocenters. The summed E-state index contributed by atoms with van der Waals surface area (Å²) >= 11 is 0. The zero-order valence-electron chi connectivity index (χ0n) is 18.1. The molecule has 0 radical (unpaired) electrons. The number of hydrogen-bond acceptors (Lipinski definition) is 5. The molecule has 0 spiro atoms. The van der Waals surface area contributed by atoms with Crippen LogP contribution in [0.5, 0.6) is 0 Å². The number of fused-ring (bicyclic) bond motifs is 3. The Hall–Kier alpha value is -3.61. The average Bonchev–Trinajstić information content (AvgIpc) is 3.32. The van der Waals surface area contributed by atoms with Crippen molar-refractivity contribution < 1.29 is 9.59 Å². The number of anilines is 1. The molecule has 3 aliphatic rings. The lowest BCUT2D eigenvalue weighted by Gasteiger charge is -2.39. The maximum Gasteiger partial charge on any atom is 0.328 e. The average molecular weight is 415 g/mol. The third kappa shape index (κ3) is 2.76. The summed E-state index contributed by atoms with van der Waals surface area (Å²) in [5.74, 6) is 0.461. The van der Waals surface area contributed by atoms with E-state index in [9.17, 15) is 9.59 Å². The van der Waals surface area contributed by atoms with E-state index in [1.807, 2.05) is 36.2 Å². The van der Waals surface area contributed by atoms with Crippen LogP contribution >= 0.6 is 0 Å². The minimum absolute atomic E-state index is 0.208. The molecule has 158 valence electrons. The standard InChI is InChI=1S/C24H25N5O2/c1-5-27-22(30)20-21(26(4)24(27)31)25-23-28(20)14-19(17-9-7-6-8-10-17)29(23)18-12-11-15(2)16(3)13-18/h6-14,20-21H,5H2,1-4H3. The summed E-state index contributed by atoms with van der Waals surface area (Å²) in [5, 5.41) is 0. The van der Waals surface area contributed by atoms with Crippen LogP contribution in [0.4, 0.5) is 10.5 Å². The van der Waals surface area contributed by atoms with E-state index in [0.29, 0.717) is 12.5 Å². The second-order valence-corrected chi connectivity index (χ2v) is 8.16. The molecule has 0 bridgehead atoms. The number of carbonyl (C=O) groups excluding carboxylic acids is 2. The van der Waals surface area contributed by atoms with Crippen molar-refractivity contribution in [3.05, 3.63) is 71.4 Å². The van der Waals surface area contributed by atoms with Crippen LogP contribution in [0.15, 0.2) is 59.7 Å². The fourth-order valence-corrected chi connectivity index (χ4v) is 4.46. The molecule has 3 amide bonds. The minimum Gasteiger partial charge on any atom is -0.302 e. The van der Waals surface area contributed by atoms with E-state index in [1.54, 1.807) is 11.9 Å². The lowest BCUT2D eigenvalue weighted by molar-refractivity contribution is -0.136. The van der Waals surface area contributed by atoms with Crippen molar-refractivity contribution in [1.29, 1.82) is 0 Å². The molecule has 7 nitrogen and oxygen atoms in total. The van der Waals surface area contributed by atoms with Gasteiger partial charge in [0.05, 0.1) is 5.70 Å². The van der Waals surface area contributed by atoms with Gasteiger partial charge in [0.25, 0.3) is 5.91 Å². The van der Waals surface area contributed by atoms with Crippen LogP contribution in [-0.4, -0.2) is 58.4 Å². The van der Waals surface area contributed by atoms with Gasteiger partial charge in [0, 0.05) is 31.0 Å². The molecule has 5 rings (SSSR count). The lowest BCUT2D eigenvalue weighted by Crippen LogP contribution is -2.64. The van der Waals surface area contributed by atoms with Crippen molar-refractivity contribution in [3.63, 3.8) is 0 Å². The SMILES string of the molecule is CCN1C(=O)C2C(N=C3N(c4ccc(C)c(C)c4)C(c4ccccc4)=CN32)N(C)C1=O. The Balaban J connectivity index is 1.65. The third-order valence-electron chi connectivity index (χ3n) is 6.35. The number of rotatable bonds is 3. The van der Waals surface area contributed by atoms with Gasteiger partial charge >= 0.3 is 6.03 Å². The van der Waals surface area contributed by atoms with Gasteiger partial charge in [-0.25, -0.2) is 9.79 Å². The van der Waals surface area contributed by atoms with Gasteiger partial charge in [-0.15, -0.1) is 0 Å². The Labute approximate surface area is 181 Å². The molecule has 0 aliphatic carbocycles. The van der Waals surface area contributed by atoms with E-state index in [4.69, 9.17) is 4.99 Å². The Morgan fingerprint density at radius 1 is 1.00 bits per heavy atom. The van der Waals surface area contributed by atoms with Gasteiger partial charge in [-0.3, -0.25) is 19.5 Å². The van der Waals surface area contributed by atoms with Crippen LogP contribution in [-0.2, 0) is 4.79 Å². The van der Waals surface area contributed by atoms with Gasteiger partial charge in [0.2, 0.25) is 5.96 Å². The van der Waals surface area contributed by atoms with E-state index < -0.39 is 12.2 Å². The number of amides is 3. The van der Waals surface area contributed by atoms with Crippen LogP contribution in [0, 0.1) is 13.8 Å². The normalized spacial score (nSPS) is 22.6. The van der Waals surface area contributed by atoms with Crippen LogP contribution in [0.25, 0.3) is 5.70 Å². The summed E-state index contributed by atoms with van der Waals surface area (Å²) in [6, 6.07) is 15.5. The summed E-state index contributed by atoms with van der Waals surface area (Å²) in [5.41, 5.74) is 5.36. The highest BCUT2D eigenvalue weighted by molar-refractivity contribution is 6.16. The molecule has 2 aromatic rings. The predicted molar refractivity (Wildman–Crippen MR) is 120 cm³/mol. The molecule has 3 heterocycles. The molecular formula is C24H25N5O2. The minimum atomic E-state index is -0.562. The summed E-state index contributed by atoms with van der Waals surface area (Å²) in [6.45, 7) is 6.33. The highest BCUT2D eigenvalue weighted by atomic mass is 16.2. The number of urea groups is 1. The first-order chi connectivity index (χ1) is 14.9. The molecule has 3 aliphatic heterocycles. The molecule has 2 aromatic carbocycles. The topological polar surface area (TPSA) is 59.5 Å². The number of benzene rings is 2. The summed E-state index contributed by atoms with van der Waals surface area (Å²) < 4.78 is 0. The number of aliphatic imine (C=N–C) groups is 1. The molecule has 7 heteroatoms. The summed E-state index contributed by atoms with van der Waals surface area (Å²) in [6.07, 6.45) is 1.45. The Kier molecular flexibility index (Phi) is 4.36. The monoisotopic (exact) mass is 415 g/mol. The highest BCUT2D eigenvalue weighted by Crippen LogP contribution is 2.40. The molecule has 1 saturated heterocycles. The van der Waals surface area contributed by atoms with Crippen molar-refractivity contribution in [2.45, 2.75) is 33.0 Å². The second kappa shape index (κ2) is 6.97. The number of hydrogen-bond donors (Lipinski definition) is 0. The largest absolute Gasteiger partial charge is 0.328 e. The van der Waals surface area contributed by atoms with Crippen LogP contribution in [0.3, 0.4) is 0 Å². The molecule has 0 saturated carbocycles. The number of likely N-dealkylation sites (N-methyl/N-ethyl adjacent to an activating group) is 2. The highest BCUT2D eigenvalue weighted by Gasteiger charge is 2.54. The number of guanidine groups is 1. The molecule has 0 aromatic heterocycles. The third-order valence-corrected chi connectivity index (χ3v) is 6.35. The van der Waals surface area contributed by atoms with Crippen molar-refractivity contribution in [2.24, 2.45) is 4.99 Å². The molecule has 1 fully saturated rings. The first kappa shape index (κ1) is 19.4. The van der Waals surface area contributed by atoms with Gasteiger partial charge in [-0.05, 0) is 44.0 Å². The van der Waals surface area contributed by atoms with E-state index in [0.717, 1.165) is 16.9 Å². The van der Waals surface area contributed by atoms with Crippen molar-refractivity contribution in [3.8, 4) is 0 Å². The Morgan fingerprint density at radius 2 is 1.74 bits per heavy atom. The van der Waals surface area contributed by atoms with Crippen molar-refractivity contribution >= 4 is 29.3 Å². The number of nitrogens with zero attached hydrogens (tertiary/aromatic N) is 5. The molecule has 0 N–H and O–H groups in total. The maximum atomic E-state index is 13.2. The molecular weight excluding hydrogens is 390 g/mol. The van der Waals surface area contributed by atoms with Crippen LogP contribution in [0.2, 0.25) is 0 Å². The predicted octanol–water partition coefficient (Wildman–Crippen LogP) is 3.40. The Bertz CT molecular complexity index is 1140. The van der Waals surface area contributed by atoms with E-state index >= 15 is 0 Å². The second-order valence-electron chi connectivity index (χ2n) is 8.16. The lowest BCUT2D eigenvalue weighted by atomic mass is 10.1. The maximum absolute atomic E-state index is 13.2. The van der Waals surface area contributed by atoms with Gasteiger partial charge < -0.3 is 4.90 Å². The molecule has 2 atom stereocenters. The van der Waals surface area contributed by atoms with Gasteiger partial charge in [-0.2, -0.15) is 0 Å². The van der Waals surface area contributed by atoms with Crippen molar-refractivity contribution in [2.75, 3.05) is 18.5 Å². The van der Waals surface area contributed by atoms with Gasteiger partial charge in [0.1, 0.15) is 0 Å². The van der Waals surface area contributed by atoms with E-state index in [-0.39, 0.29) is 11.9 Å². The first-order valence-electron chi connectivity index (χ1n) is 10.5. The van der Waals surface area contributed by atoms with Crippen molar-refractivity contribution in [1.82, 2.24) is 14.7 Å². The van der Waals surface area contributed by atoms with Crippen LogP contribution < -0.4 is 4.90 Å².